The highest BCUT2D eigenvalue weighted by molar-refractivity contribution is 6.31. The van der Waals surface area contributed by atoms with E-state index in [4.69, 9.17) is 11.6 Å². The Hall–Kier alpha value is -2.15. The first-order chi connectivity index (χ1) is 16.6. The molecule has 198 valence electrons. The van der Waals surface area contributed by atoms with Gasteiger partial charge in [-0.2, -0.15) is 0 Å². The van der Waals surface area contributed by atoms with E-state index in [1.54, 1.807) is 6.20 Å². The Bertz CT molecular complexity index is 1100. The second kappa shape index (κ2) is 9.00. The van der Waals surface area contributed by atoms with Crippen molar-refractivity contribution in [2.75, 3.05) is 0 Å². The Morgan fingerprint density at radius 2 is 1.94 bits per heavy atom. The molecule has 0 saturated heterocycles. The van der Waals surface area contributed by atoms with Gasteiger partial charge in [-0.1, -0.05) is 51.4 Å². The number of nitrogens with zero attached hydrogens (tertiary/aromatic N) is 1. The van der Waals surface area contributed by atoms with Gasteiger partial charge in [-0.15, -0.1) is 0 Å². The molecule has 2 N–H and O–H groups in total. The van der Waals surface area contributed by atoms with Crippen molar-refractivity contribution in [1.82, 2.24) is 10.2 Å². The van der Waals surface area contributed by atoms with E-state index in [-0.39, 0.29) is 30.6 Å². The van der Waals surface area contributed by atoms with Crippen molar-refractivity contribution in [1.29, 1.82) is 0 Å². The third kappa shape index (κ3) is 5.00. The molecule has 0 radical (unpaired) electrons. The molecule has 0 bridgehead atoms. The molecule has 0 aromatic heterocycles. The number of nitrogens with one attached hydrogen (secondary N) is 1. The molecule has 1 aromatic rings. The molecule has 4 rings (SSSR count). The Kier molecular flexibility index (Phi) is 6.72. The number of hydrogen-bond acceptors (Lipinski definition) is 2. The molecule has 3 unspecified atom stereocenters. The topological polar surface area (TPSA) is 69.6 Å². The van der Waals surface area contributed by atoms with E-state index in [2.05, 4.69) is 26.1 Å². The zero-order valence-corrected chi connectivity index (χ0v) is 22.5. The van der Waals surface area contributed by atoms with Gasteiger partial charge in [0.05, 0.1) is 11.5 Å². The first-order valence-corrected chi connectivity index (χ1v) is 13.2. The highest BCUT2D eigenvalue weighted by Crippen LogP contribution is 2.52. The molecule has 2 aliphatic carbocycles. The Morgan fingerprint density at radius 1 is 1.25 bits per heavy atom. The van der Waals surface area contributed by atoms with Crippen LogP contribution in [0.1, 0.15) is 84.3 Å². The van der Waals surface area contributed by atoms with Crippen LogP contribution in [0.15, 0.2) is 30.0 Å². The largest absolute Gasteiger partial charge is 0.481 e. The van der Waals surface area contributed by atoms with Crippen LogP contribution in [-0.4, -0.2) is 33.5 Å². The van der Waals surface area contributed by atoms with E-state index in [9.17, 15) is 23.5 Å². The number of benzene rings is 1. The third-order valence-corrected chi connectivity index (χ3v) is 8.74. The summed E-state index contributed by atoms with van der Waals surface area (Å²) in [5, 5.41) is 13.3. The van der Waals surface area contributed by atoms with Gasteiger partial charge in [0.2, 0.25) is 0 Å². The molecule has 1 aliphatic heterocycles. The Labute approximate surface area is 217 Å². The van der Waals surface area contributed by atoms with E-state index in [0.717, 1.165) is 18.4 Å². The average Bonchev–Trinajstić information content (AvgIpc) is 3.07. The number of fused-ring (bicyclic) bond motifs is 1. The summed E-state index contributed by atoms with van der Waals surface area (Å²) in [7, 11) is 0. The van der Waals surface area contributed by atoms with Crippen LogP contribution in [0.2, 0.25) is 5.02 Å². The molecule has 2 fully saturated rings. The van der Waals surface area contributed by atoms with Crippen LogP contribution in [0, 0.1) is 17.3 Å². The third-order valence-electron chi connectivity index (χ3n) is 8.38. The molecular formula is C28H37ClF2N2O3. The maximum Gasteiger partial charge on any atom is 0.322 e. The van der Waals surface area contributed by atoms with Crippen LogP contribution in [0.5, 0.6) is 0 Å². The summed E-state index contributed by atoms with van der Waals surface area (Å²) in [6.45, 7) is 10.2. The molecular weight excluding hydrogens is 486 g/mol. The smallest absolute Gasteiger partial charge is 0.322 e. The predicted molar refractivity (Wildman–Crippen MR) is 136 cm³/mol. The normalized spacial score (nSPS) is 32.1. The highest BCUT2D eigenvalue weighted by Gasteiger charge is 2.55. The van der Waals surface area contributed by atoms with Crippen LogP contribution < -0.4 is 5.32 Å². The monoisotopic (exact) mass is 522 g/mol. The molecule has 1 aromatic carbocycles. The lowest BCUT2D eigenvalue weighted by atomic mass is 9.70. The van der Waals surface area contributed by atoms with Crippen LogP contribution >= 0.6 is 11.6 Å². The minimum Gasteiger partial charge on any atom is -0.481 e. The van der Waals surface area contributed by atoms with Gasteiger partial charge in [0.25, 0.3) is 5.92 Å². The van der Waals surface area contributed by atoms with Gasteiger partial charge >= 0.3 is 12.0 Å². The molecule has 2 saturated carbocycles. The number of amides is 2. The van der Waals surface area contributed by atoms with Crippen molar-refractivity contribution in [3.05, 3.63) is 46.1 Å². The second-order valence-electron chi connectivity index (χ2n) is 12.6. The molecule has 36 heavy (non-hydrogen) atoms. The van der Waals surface area contributed by atoms with Crippen molar-refractivity contribution >= 4 is 23.6 Å². The standard InChI is InChI=1S/C28H37ClF2N2O3/c1-17-13-26(5,15-21(17)23(34)35)33-16-20-14-27(30,31)10-11-28(20,32-24(33)36)19-7-6-18(22(29)12-19)8-9-25(2,3)4/h6-7,12,16-17,21H,8-11,13-15H2,1-5H3,(H,32,36)(H,34,35)/t17?,21?,26?,28-/m0/s1. The molecule has 2 amide bonds. The first-order valence-electron chi connectivity index (χ1n) is 12.8. The number of urea groups is 1. The van der Waals surface area contributed by atoms with E-state index in [0.29, 0.717) is 22.6 Å². The summed E-state index contributed by atoms with van der Waals surface area (Å²) in [5.74, 6) is -4.48. The molecule has 1 heterocycles. The number of rotatable bonds is 5. The van der Waals surface area contributed by atoms with Gasteiger partial charge in [0, 0.05) is 29.6 Å². The summed E-state index contributed by atoms with van der Waals surface area (Å²) >= 11 is 6.67. The van der Waals surface area contributed by atoms with Crippen molar-refractivity contribution in [3.8, 4) is 0 Å². The SMILES string of the molecule is CC1CC(C)(N2C=C3CC(F)(F)CC[C@@]3(c3ccc(CCC(C)(C)C)c(Cl)c3)NC2=O)CC1C(=O)O. The maximum atomic E-state index is 14.7. The number of alkyl halides is 2. The van der Waals surface area contributed by atoms with Crippen molar-refractivity contribution < 1.29 is 23.5 Å². The minimum atomic E-state index is -2.88. The van der Waals surface area contributed by atoms with E-state index in [1.807, 2.05) is 32.0 Å². The maximum absolute atomic E-state index is 14.7. The lowest BCUT2D eigenvalue weighted by Crippen LogP contribution is -2.62. The number of halogens is 3. The van der Waals surface area contributed by atoms with Gasteiger partial charge in [-0.25, -0.2) is 13.6 Å². The van der Waals surface area contributed by atoms with Crippen molar-refractivity contribution in [2.24, 2.45) is 17.3 Å². The number of hydrogen-bond donors (Lipinski definition) is 2. The summed E-state index contributed by atoms with van der Waals surface area (Å²) in [6.07, 6.45) is 3.34. The molecule has 3 aliphatic rings. The summed E-state index contributed by atoms with van der Waals surface area (Å²) in [5.41, 5.74) is 0.454. The fourth-order valence-corrected chi connectivity index (χ4v) is 6.53. The summed E-state index contributed by atoms with van der Waals surface area (Å²) < 4.78 is 29.3. The van der Waals surface area contributed by atoms with Gasteiger partial charge < -0.3 is 10.4 Å². The number of aliphatic carboxylic acids is 1. The summed E-state index contributed by atoms with van der Waals surface area (Å²) in [6, 6.07) is 5.26. The van der Waals surface area contributed by atoms with E-state index < -0.39 is 41.3 Å². The highest BCUT2D eigenvalue weighted by atomic mass is 35.5. The van der Waals surface area contributed by atoms with E-state index >= 15 is 0 Å². The molecule has 0 spiro atoms. The summed E-state index contributed by atoms with van der Waals surface area (Å²) in [4.78, 5) is 26.7. The van der Waals surface area contributed by atoms with E-state index in [1.165, 1.54) is 4.90 Å². The zero-order chi connectivity index (χ0) is 26.7. The van der Waals surface area contributed by atoms with Crippen LogP contribution in [0.25, 0.3) is 0 Å². The van der Waals surface area contributed by atoms with Crippen LogP contribution in [0.4, 0.5) is 13.6 Å². The minimum absolute atomic E-state index is 0.0634. The Morgan fingerprint density at radius 3 is 2.53 bits per heavy atom. The predicted octanol–water partition coefficient (Wildman–Crippen LogP) is 7.13. The Balaban J connectivity index is 1.71. The van der Waals surface area contributed by atoms with Crippen LogP contribution in [0.3, 0.4) is 0 Å². The number of carboxylic acid groups (broad SMARTS) is 1. The van der Waals surface area contributed by atoms with Crippen molar-refractivity contribution in [3.63, 3.8) is 0 Å². The lowest BCUT2D eigenvalue weighted by molar-refractivity contribution is -0.142. The van der Waals surface area contributed by atoms with Gasteiger partial charge in [-0.05, 0) is 73.1 Å². The van der Waals surface area contributed by atoms with Gasteiger partial charge in [0.1, 0.15) is 0 Å². The fourth-order valence-electron chi connectivity index (χ4n) is 6.25. The first kappa shape index (κ1) is 26.9. The quantitative estimate of drug-likeness (QED) is 0.432. The molecule has 5 nitrogen and oxygen atoms in total. The average molecular weight is 523 g/mol. The lowest BCUT2D eigenvalue weighted by Gasteiger charge is -2.50. The number of carboxylic acids is 1. The van der Waals surface area contributed by atoms with Crippen molar-refractivity contribution in [2.45, 2.75) is 96.6 Å². The number of carbonyl (C=O) groups excluding carboxylic acids is 1. The van der Waals surface area contributed by atoms with Crippen LogP contribution in [-0.2, 0) is 16.8 Å². The number of aryl methyl sites for hydroxylation is 1. The fraction of sp³-hybridized carbons (Fsp3) is 0.643. The van der Waals surface area contributed by atoms with Gasteiger partial charge in [0.15, 0.2) is 0 Å². The van der Waals surface area contributed by atoms with Gasteiger partial charge in [-0.3, -0.25) is 9.69 Å². The molecule has 4 atom stereocenters. The molecule has 8 heteroatoms. The zero-order valence-electron chi connectivity index (χ0n) is 21.8. The number of carbonyl (C=O) groups is 2. The second-order valence-corrected chi connectivity index (χ2v) is 13.0.